The lowest BCUT2D eigenvalue weighted by molar-refractivity contribution is -0.148. The first-order valence-corrected chi connectivity index (χ1v) is 6.56. The van der Waals surface area contributed by atoms with Crippen LogP contribution in [-0.4, -0.2) is 104 Å². The average Bonchev–Trinajstić information content (AvgIpc) is 2.33. The second kappa shape index (κ2) is 10.1. The van der Waals surface area contributed by atoms with E-state index in [1.165, 1.54) is 0 Å². The zero-order valence-corrected chi connectivity index (χ0v) is 12.5. The largest absolute Gasteiger partial charge is 0.481 e. The lowest BCUT2D eigenvalue weighted by atomic mass is 10.1. The first-order chi connectivity index (χ1) is 11.0. The summed E-state index contributed by atoms with van der Waals surface area (Å²) in [6.07, 6.45) is -0.684. The quantitative estimate of drug-likeness (QED) is 0.240. The van der Waals surface area contributed by atoms with Crippen LogP contribution in [0.4, 0.5) is 0 Å². The highest BCUT2D eigenvalue weighted by Crippen LogP contribution is 2.08. The molecule has 0 aliphatic carbocycles. The van der Waals surface area contributed by atoms with Gasteiger partial charge < -0.3 is 25.5 Å². The molecule has 0 aromatic heterocycles. The summed E-state index contributed by atoms with van der Waals surface area (Å²) in [5.41, 5.74) is 0. The molecule has 12 nitrogen and oxygen atoms in total. The molecule has 0 heterocycles. The fourth-order valence-corrected chi connectivity index (χ4v) is 2.04. The van der Waals surface area contributed by atoms with Gasteiger partial charge >= 0.3 is 29.8 Å². The normalized spacial score (nSPS) is 12.1. The third-order valence-corrected chi connectivity index (χ3v) is 2.79. The van der Waals surface area contributed by atoms with Gasteiger partial charge in [0.05, 0.1) is 32.6 Å². The number of hydrogen-bond donors (Lipinski definition) is 5. The third-order valence-electron chi connectivity index (χ3n) is 2.79. The van der Waals surface area contributed by atoms with E-state index in [1.54, 1.807) is 0 Å². The number of carbonyl (C=O) groups is 5. The molecule has 24 heavy (non-hydrogen) atoms. The third kappa shape index (κ3) is 10.1. The van der Waals surface area contributed by atoms with Crippen molar-refractivity contribution in [1.82, 2.24) is 9.80 Å². The van der Waals surface area contributed by atoms with Crippen molar-refractivity contribution in [2.45, 2.75) is 12.5 Å². The van der Waals surface area contributed by atoms with E-state index in [-0.39, 0.29) is 0 Å². The van der Waals surface area contributed by atoms with Gasteiger partial charge in [0.15, 0.2) is 0 Å². The molecule has 1 atom stereocenters. The highest BCUT2D eigenvalue weighted by molar-refractivity contribution is 5.74. The first kappa shape index (κ1) is 21.3. The molecule has 0 radical (unpaired) electrons. The molecule has 0 saturated carbocycles. The van der Waals surface area contributed by atoms with Crippen molar-refractivity contribution >= 4 is 29.8 Å². The van der Waals surface area contributed by atoms with Crippen LogP contribution in [0.1, 0.15) is 6.42 Å². The van der Waals surface area contributed by atoms with Crippen molar-refractivity contribution in [3.8, 4) is 0 Å². The summed E-state index contributed by atoms with van der Waals surface area (Å²) in [7, 11) is 0. The molecule has 1 unspecified atom stereocenters. The molecule has 0 spiro atoms. The second-order valence-corrected chi connectivity index (χ2v) is 4.90. The highest BCUT2D eigenvalue weighted by atomic mass is 16.4. The van der Waals surface area contributed by atoms with Gasteiger partial charge in [0.2, 0.25) is 0 Å². The Morgan fingerprint density at radius 1 is 0.625 bits per heavy atom. The van der Waals surface area contributed by atoms with Gasteiger partial charge in [-0.2, -0.15) is 0 Å². The van der Waals surface area contributed by atoms with Gasteiger partial charge in [-0.1, -0.05) is 0 Å². The molecule has 0 rings (SSSR count). The molecule has 0 aliphatic heterocycles. The van der Waals surface area contributed by atoms with Crippen LogP contribution in [0.25, 0.3) is 0 Å². The molecule has 0 aromatic carbocycles. The van der Waals surface area contributed by atoms with Crippen LogP contribution < -0.4 is 0 Å². The minimum Gasteiger partial charge on any atom is -0.481 e. The molecule has 0 bridgehead atoms. The molecule has 0 aliphatic rings. The van der Waals surface area contributed by atoms with Crippen molar-refractivity contribution in [2.75, 3.05) is 32.7 Å². The topological polar surface area (TPSA) is 193 Å². The summed E-state index contributed by atoms with van der Waals surface area (Å²) in [6.45, 7) is -3.48. The van der Waals surface area contributed by atoms with E-state index < -0.39 is 75.0 Å². The summed E-state index contributed by atoms with van der Waals surface area (Å²) in [5, 5.41) is 44.1. The average molecular weight is 350 g/mol. The number of hydrogen-bond acceptors (Lipinski definition) is 7. The molecule has 0 saturated heterocycles. The molecule has 12 heteroatoms. The standard InChI is InChI=1S/C12H18N2O10/c15-8(16)1-7(14(5-11(21)22)6-12(23)24)2-13(3-9(17)18)4-10(19)20/h7H,1-6H2,(H,15,16)(H,17,18)(H,19,20)(H,21,22)(H,23,24). The van der Waals surface area contributed by atoms with Crippen LogP contribution >= 0.6 is 0 Å². The summed E-state index contributed by atoms with van der Waals surface area (Å²) < 4.78 is 0. The van der Waals surface area contributed by atoms with Gasteiger partial charge in [-0.15, -0.1) is 0 Å². The summed E-state index contributed by atoms with van der Waals surface area (Å²) in [6, 6.07) is -1.20. The van der Waals surface area contributed by atoms with E-state index in [0.29, 0.717) is 0 Å². The Labute approximate surface area is 135 Å². The molecular weight excluding hydrogens is 332 g/mol. The van der Waals surface area contributed by atoms with E-state index in [0.717, 1.165) is 9.80 Å². The van der Waals surface area contributed by atoms with E-state index in [2.05, 4.69) is 0 Å². The Bertz CT molecular complexity index is 474. The maximum absolute atomic E-state index is 10.9. The fourth-order valence-electron chi connectivity index (χ4n) is 2.04. The Hall–Kier alpha value is -2.73. The Morgan fingerprint density at radius 3 is 1.29 bits per heavy atom. The van der Waals surface area contributed by atoms with E-state index in [1.807, 2.05) is 0 Å². The van der Waals surface area contributed by atoms with Crippen molar-refractivity contribution in [2.24, 2.45) is 0 Å². The van der Waals surface area contributed by atoms with E-state index in [9.17, 15) is 24.0 Å². The number of carboxylic acid groups (broad SMARTS) is 5. The van der Waals surface area contributed by atoms with E-state index in [4.69, 9.17) is 25.5 Å². The monoisotopic (exact) mass is 350 g/mol. The van der Waals surface area contributed by atoms with Gasteiger partial charge in [0, 0.05) is 12.6 Å². The maximum atomic E-state index is 10.9. The summed E-state index contributed by atoms with van der Waals surface area (Å²) in [5.74, 6) is -6.92. The predicted octanol–water partition coefficient (Wildman–Crippen LogP) is -2.23. The SMILES string of the molecule is O=C(O)CC(CN(CC(=O)O)CC(=O)O)N(CC(=O)O)CC(=O)O. The zero-order chi connectivity index (χ0) is 18.9. The van der Waals surface area contributed by atoms with Gasteiger partial charge in [0.25, 0.3) is 0 Å². The van der Waals surface area contributed by atoms with Crippen LogP contribution in [0, 0.1) is 0 Å². The van der Waals surface area contributed by atoms with Gasteiger partial charge in [-0.25, -0.2) is 0 Å². The highest BCUT2D eigenvalue weighted by Gasteiger charge is 2.28. The number of rotatable bonds is 13. The number of carboxylic acids is 5. The first-order valence-electron chi connectivity index (χ1n) is 6.56. The number of aliphatic carboxylic acids is 5. The van der Waals surface area contributed by atoms with Crippen LogP contribution in [0.15, 0.2) is 0 Å². The molecule has 136 valence electrons. The molecule has 0 fully saturated rings. The molecule has 5 N–H and O–H groups in total. The lowest BCUT2D eigenvalue weighted by Crippen LogP contribution is -2.50. The smallest absolute Gasteiger partial charge is 0.317 e. The van der Waals surface area contributed by atoms with Gasteiger partial charge in [0.1, 0.15) is 0 Å². The minimum atomic E-state index is -1.41. The Morgan fingerprint density at radius 2 is 1.00 bits per heavy atom. The van der Waals surface area contributed by atoms with Crippen molar-refractivity contribution in [1.29, 1.82) is 0 Å². The van der Waals surface area contributed by atoms with Gasteiger partial charge in [-0.3, -0.25) is 33.8 Å². The lowest BCUT2D eigenvalue weighted by Gasteiger charge is -2.31. The predicted molar refractivity (Wildman–Crippen MR) is 74.6 cm³/mol. The summed E-state index contributed by atoms with van der Waals surface area (Å²) >= 11 is 0. The fraction of sp³-hybridized carbons (Fsp3) is 0.583. The molecular formula is C12H18N2O10. The maximum Gasteiger partial charge on any atom is 0.317 e. The zero-order valence-electron chi connectivity index (χ0n) is 12.5. The summed E-state index contributed by atoms with van der Waals surface area (Å²) in [4.78, 5) is 55.9. The Kier molecular flexibility index (Phi) is 8.97. The van der Waals surface area contributed by atoms with Crippen LogP contribution in [0.2, 0.25) is 0 Å². The molecule has 0 aromatic rings. The van der Waals surface area contributed by atoms with Gasteiger partial charge in [-0.05, 0) is 0 Å². The minimum absolute atomic E-state index is 0.439. The van der Waals surface area contributed by atoms with Crippen LogP contribution in [0.5, 0.6) is 0 Å². The van der Waals surface area contributed by atoms with E-state index >= 15 is 0 Å². The Balaban J connectivity index is 5.36. The van der Waals surface area contributed by atoms with Crippen LogP contribution in [0.3, 0.4) is 0 Å². The van der Waals surface area contributed by atoms with Crippen molar-refractivity contribution in [3.63, 3.8) is 0 Å². The van der Waals surface area contributed by atoms with Crippen molar-refractivity contribution < 1.29 is 49.5 Å². The van der Waals surface area contributed by atoms with Crippen LogP contribution in [-0.2, 0) is 24.0 Å². The number of nitrogens with zero attached hydrogens (tertiary/aromatic N) is 2. The molecule has 0 amide bonds. The second-order valence-electron chi connectivity index (χ2n) is 4.90. The van der Waals surface area contributed by atoms with Crippen molar-refractivity contribution in [3.05, 3.63) is 0 Å².